The highest BCUT2D eigenvalue weighted by atomic mass is 16.5. The first-order chi connectivity index (χ1) is 14.3. The monoisotopic (exact) mass is 397 g/mol. The van der Waals surface area contributed by atoms with Crippen LogP contribution in [0.5, 0.6) is 11.5 Å². The summed E-state index contributed by atoms with van der Waals surface area (Å²) in [6.45, 7) is 8.70. The third-order valence-electron chi connectivity index (χ3n) is 5.30. The molecule has 2 aromatic carbocycles. The van der Waals surface area contributed by atoms with Gasteiger partial charge in [-0.15, -0.1) is 0 Å². The predicted molar refractivity (Wildman–Crippen MR) is 123 cm³/mol. The van der Waals surface area contributed by atoms with Crippen molar-refractivity contribution in [2.75, 3.05) is 33.4 Å². The molecule has 0 heterocycles. The van der Waals surface area contributed by atoms with Crippen molar-refractivity contribution in [2.24, 2.45) is 0 Å². The molecule has 29 heavy (non-hydrogen) atoms. The Balaban J connectivity index is 1.88. The van der Waals surface area contributed by atoms with Crippen LogP contribution in [-0.2, 0) is 12.8 Å². The molecule has 0 atom stereocenters. The predicted octanol–water partition coefficient (Wildman–Crippen LogP) is 6.15. The van der Waals surface area contributed by atoms with Crippen molar-refractivity contribution < 1.29 is 9.47 Å². The van der Waals surface area contributed by atoms with E-state index in [1.165, 1.54) is 56.3 Å². The summed E-state index contributed by atoms with van der Waals surface area (Å²) in [5, 5.41) is 0. The van der Waals surface area contributed by atoms with Crippen molar-refractivity contribution in [3.63, 3.8) is 0 Å². The molecule has 0 amide bonds. The quantitative estimate of drug-likeness (QED) is 0.336. The fourth-order valence-corrected chi connectivity index (χ4v) is 3.61. The van der Waals surface area contributed by atoms with Crippen LogP contribution in [0.25, 0.3) is 0 Å². The lowest BCUT2D eigenvalue weighted by atomic mass is 10.1. The molecule has 2 rings (SSSR count). The fourth-order valence-electron chi connectivity index (χ4n) is 3.61. The molecule has 160 valence electrons. The van der Waals surface area contributed by atoms with Gasteiger partial charge in [-0.25, -0.2) is 0 Å². The Morgan fingerprint density at radius 2 is 1.55 bits per heavy atom. The van der Waals surface area contributed by atoms with E-state index in [0.717, 1.165) is 30.9 Å². The standard InChI is InChI=1S/C26H39NO2/c1-4-6-7-11-19-27(18-5-2)20-16-24-14-15-25(28-3)26(22-24)29-21-17-23-12-9-8-10-13-23/h8-10,12-15,22H,4-7,11,16-21H2,1-3H3. The number of hydrogen-bond acceptors (Lipinski definition) is 3. The van der Waals surface area contributed by atoms with E-state index in [1.807, 2.05) is 12.1 Å². The number of benzene rings is 2. The number of nitrogens with zero attached hydrogens (tertiary/aromatic N) is 1. The molecule has 0 unspecified atom stereocenters. The van der Waals surface area contributed by atoms with E-state index in [2.05, 4.69) is 55.1 Å². The Morgan fingerprint density at radius 3 is 2.28 bits per heavy atom. The van der Waals surface area contributed by atoms with Gasteiger partial charge in [-0.2, -0.15) is 0 Å². The van der Waals surface area contributed by atoms with Gasteiger partial charge >= 0.3 is 0 Å². The van der Waals surface area contributed by atoms with E-state index in [9.17, 15) is 0 Å². The minimum absolute atomic E-state index is 0.656. The molecule has 0 saturated carbocycles. The summed E-state index contributed by atoms with van der Waals surface area (Å²) < 4.78 is 11.6. The third kappa shape index (κ3) is 8.91. The number of hydrogen-bond donors (Lipinski definition) is 0. The molecular weight excluding hydrogens is 358 g/mol. The Morgan fingerprint density at radius 1 is 0.724 bits per heavy atom. The van der Waals surface area contributed by atoms with Gasteiger partial charge in [0.2, 0.25) is 0 Å². The van der Waals surface area contributed by atoms with E-state index in [1.54, 1.807) is 7.11 Å². The van der Waals surface area contributed by atoms with E-state index in [4.69, 9.17) is 9.47 Å². The van der Waals surface area contributed by atoms with Gasteiger partial charge in [0.1, 0.15) is 0 Å². The second-order valence-corrected chi connectivity index (χ2v) is 7.72. The van der Waals surface area contributed by atoms with Gasteiger partial charge in [-0.3, -0.25) is 0 Å². The molecule has 3 nitrogen and oxygen atoms in total. The average molecular weight is 398 g/mol. The summed E-state index contributed by atoms with van der Waals surface area (Å²) >= 11 is 0. The van der Waals surface area contributed by atoms with Gasteiger partial charge in [0.15, 0.2) is 11.5 Å². The van der Waals surface area contributed by atoms with Crippen LogP contribution in [0.4, 0.5) is 0 Å². The van der Waals surface area contributed by atoms with Crippen molar-refractivity contribution in [1.29, 1.82) is 0 Å². The minimum Gasteiger partial charge on any atom is -0.493 e. The molecule has 0 bridgehead atoms. The van der Waals surface area contributed by atoms with Crippen LogP contribution in [0.1, 0.15) is 57.1 Å². The lowest BCUT2D eigenvalue weighted by Gasteiger charge is -2.22. The zero-order valence-corrected chi connectivity index (χ0v) is 18.7. The molecule has 0 fully saturated rings. The van der Waals surface area contributed by atoms with Gasteiger partial charge in [-0.05, 0) is 55.6 Å². The highest BCUT2D eigenvalue weighted by Gasteiger charge is 2.09. The molecule has 0 N–H and O–H groups in total. The maximum atomic E-state index is 6.08. The highest BCUT2D eigenvalue weighted by Crippen LogP contribution is 2.28. The first kappa shape index (κ1) is 23.3. The summed E-state index contributed by atoms with van der Waals surface area (Å²) in [7, 11) is 1.71. The topological polar surface area (TPSA) is 21.7 Å². The van der Waals surface area contributed by atoms with Crippen LogP contribution >= 0.6 is 0 Å². The molecular formula is C26H39NO2. The van der Waals surface area contributed by atoms with E-state index in [-0.39, 0.29) is 0 Å². The summed E-state index contributed by atoms with van der Waals surface area (Å²) in [4.78, 5) is 2.61. The molecule has 0 aliphatic heterocycles. The average Bonchev–Trinajstić information content (AvgIpc) is 2.76. The lowest BCUT2D eigenvalue weighted by Crippen LogP contribution is -2.28. The molecule has 0 aliphatic carbocycles. The summed E-state index contributed by atoms with van der Waals surface area (Å²) in [6.07, 6.45) is 8.46. The summed E-state index contributed by atoms with van der Waals surface area (Å²) in [6, 6.07) is 16.8. The smallest absolute Gasteiger partial charge is 0.161 e. The van der Waals surface area contributed by atoms with E-state index in [0.29, 0.717) is 6.61 Å². The second kappa shape index (κ2) is 14.1. The first-order valence-electron chi connectivity index (χ1n) is 11.3. The van der Waals surface area contributed by atoms with Crippen LogP contribution in [0.2, 0.25) is 0 Å². The van der Waals surface area contributed by atoms with Gasteiger partial charge < -0.3 is 14.4 Å². The number of methoxy groups -OCH3 is 1. The maximum absolute atomic E-state index is 6.08. The van der Waals surface area contributed by atoms with Crippen molar-refractivity contribution in [3.05, 3.63) is 59.7 Å². The molecule has 0 spiro atoms. The molecule has 0 radical (unpaired) electrons. The molecule has 2 aromatic rings. The minimum atomic E-state index is 0.656. The Hall–Kier alpha value is -2.00. The van der Waals surface area contributed by atoms with Crippen molar-refractivity contribution in [3.8, 4) is 11.5 Å². The van der Waals surface area contributed by atoms with Crippen molar-refractivity contribution >= 4 is 0 Å². The molecule has 0 aliphatic rings. The second-order valence-electron chi connectivity index (χ2n) is 7.72. The normalized spacial score (nSPS) is 11.0. The number of ether oxygens (including phenoxy) is 2. The van der Waals surface area contributed by atoms with Crippen LogP contribution < -0.4 is 9.47 Å². The van der Waals surface area contributed by atoms with Gasteiger partial charge in [-0.1, -0.05) is 69.5 Å². The largest absolute Gasteiger partial charge is 0.493 e. The summed E-state index contributed by atoms with van der Waals surface area (Å²) in [5.74, 6) is 1.66. The van der Waals surface area contributed by atoms with Gasteiger partial charge in [0.25, 0.3) is 0 Å². The van der Waals surface area contributed by atoms with Crippen molar-refractivity contribution in [2.45, 2.75) is 58.8 Å². The van der Waals surface area contributed by atoms with Crippen LogP contribution in [-0.4, -0.2) is 38.3 Å². The SMILES string of the molecule is CCCCCCN(CCC)CCc1ccc(OC)c(OCCc2ccccc2)c1. The number of unbranched alkanes of at least 4 members (excludes halogenated alkanes) is 3. The highest BCUT2D eigenvalue weighted by molar-refractivity contribution is 5.43. The Kier molecular flexibility index (Phi) is 11.3. The maximum Gasteiger partial charge on any atom is 0.161 e. The molecule has 0 saturated heterocycles. The zero-order chi connectivity index (χ0) is 20.7. The van der Waals surface area contributed by atoms with Crippen molar-refractivity contribution in [1.82, 2.24) is 4.90 Å². The lowest BCUT2D eigenvalue weighted by molar-refractivity contribution is 0.270. The fraction of sp³-hybridized carbons (Fsp3) is 0.538. The Labute approximate surface area is 178 Å². The number of rotatable bonds is 15. The van der Waals surface area contributed by atoms with Crippen LogP contribution in [0.15, 0.2) is 48.5 Å². The summed E-state index contributed by atoms with van der Waals surface area (Å²) in [5.41, 5.74) is 2.61. The van der Waals surface area contributed by atoms with E-state index >= 15 is 0 Å². The molecule has 0 aromatic heterocycles. The first-order valence-corrected chi connectivity index (χ1v) is 11.3. The van der Waals surface area contributed by atoms with E-state index < -0.39 is 0 Å². The van der Waals surface area contributed by atoms with Crippen LogP contribution in [0.3, 0.4) is 0 Å². The van der Waals surface area contributed by atoms with Crippen LogP contribution in [0, 0.1) is 0 Å². The zero-order valence-electron chi connectivity index (χ0n) is 18.7. The van der Waals surface area contributed by atoms with Gasteiger partial charge in [0, 0.05) is 13.0 Å². The Bertz CT molecular complexity index is 672. The third-order valence-corrected chi connectivity index (χ3v) is 5.30. The molecule has 3 heteroatoms. The van der Waals surface area contributed by atoms with Gasteiger partial charge in [0.05, 0.1) is 13.7 Å².